The Morgan fingerprint density at radius 3 is 2.56 bits per heavy atom. The maximum Gasteiger partial charge on any atom is 0.191 e. The molecule has 0 spiro atoms. The Kier molecular flexibility index (Phi) is 8.02. The summed E-state index contributed by atoms with van der Waals surface area (Å²) in [6.07, 6.45) is 2.76. The van der Waals surface area contributed by atoms with Crippen LogP contribution in [0.5, 0.6) is 0 Å². The molecule has 2 unspecified atom stereocenters. The standard InChI is InChI=1S/C20H26N6.HI/c1-15(17-9-5-4-6-10-17)16(2)23-20(21-3)22-13-12-19-25-24-18-11-7-8-14-26(18)19;/h4-11,14-16H,12-13H2,1-3H3,(H2,21,22,23);1H. The molecular weight excluding hydrogens is 451 g/mol. The van der Waals surface area contributed by atoms with Crippen LogP contribution < -0.4 is 10.6 Å². The molecule has 2 heterocycles. The van der Waals surface area contributed by atoms with Crippen molar-refractivity contribution in [2.45, 2.75) is 32.2 Å². The zero-order valence-electron chi connectivity index (χ0n) is 16.0. The van der Waals surface area contributed by atoms with Crippen molar-refractivity contribution in [3.05, 3.63) is 66.1 Å². The summed E-state index contributed by atoms with van der Waals surface area (Å²) in [7, 11) is 1.79. The van der Waals surface area contributed by atoms with Gasteiger partial charge in [0.05, 0.1) is 0 Å². The Morgan fingerprint density at radius 1 is 1.07 bits per heavy atom. The molecule has 0 aliphatic heterocycles. The molecule has 3 rings (SSSR count). The molecule has 0 fully saturated rings. The fourth-order valence-electron chi connectivity index (χ4n) is 2.93. The van der Waals surface area contributed by atoms with Gasteiger partial charge in [0, 0.05) is 38.2 Å². The number of nitrogens with zero attached hydrogens (tertiary/aromatic N) is 4. The van der Waals surface area contributed by atoms with E-state index in [-0.39, 0.29) is 30.0 Å². The van der Waals surface area contributed by atoms with Gasteiger partial charge in [-0.2, -0.15) is 0 Å². The van der Waals surface area contributed by atoms with Crippen molar-refractivity contribution in [2.75, 3.05) is 13.6 Å². The van der Waals surface area contributed by atoms with Gasteiger partial charge in [-0.1, -0.05) is 43.3 Å². The van der Waals surface area contributed by atoms with Crippen molar-refractivity contribution in [3.8, 4) is 0 Å². The molecule has 0 bridgehead atoms. The Labute approximate surface area is 177 Å². The molecule has 27 heavy (non-hydrogen) atoms. The molecule has 1 aromatic carbocycles. The first-order valence-corrected chi connectivity index (χ1v) is 9.00. The molecule has 0 aliphatic carbocycles. The summed E-state index contributed by atoms with van der Waals surface area (Å²) < 4.78 is 2.01. The minimum absolute atomic E-state index is 0. The summed E-state index contributed by atoms with van der Waals surface area (Å²) in [5.41, 5.74) is 2.19. The normalized spacial score (nSPS) is 13.7. The molecule has 144 valence electrons. The zero-order chi connectivity index (χ0) is 18.4. The van der Waals surface area contributed by atoms with Crippen molar-refractivity contribution in [2.24, 2.45) is 4.99 Å². The van der Waals surface area contributed by atoms with Gasteiger partial charge in [0.15, 0.2) is 11.6 Å². The van der Waals surface area contributed by atoms with Gasteiger partial charge in [-0.05, 0) is 24.6 Å². The highest BCUT2D eigenvalue weighted by Crippen LogP contribution is 2.18. The third-order valence-electron chi connectivity index (χ3n) is 4.69. The summed E-state index contributed by atoms with van der Waals surface area (Å²) in [5.74, 6) is 2.12. The average molecular weight is 478 g/mol. The van der Waals surface area contributed by atoms with Gasteiger partial charge in [-0.15, -0.1) is 34.2 Å². The Balaban J connectivity index is 0.00000261. The second kappa shape index (κ2) is 10.2. The van der Waals surface area contributed by atoms with Crippen LogP contribution in [-0.2, 0) is 6.42 Å². The van der Waals surface area contributed by atoms with E-state index in [0.29, 0.717) is 5.92 Å². The lowest BCUT2D eigenvalue weighted by Gasteiger charge is -2.24. The van der Waals surface area contributed by atoms with Crippen LogP contribution in [0.15, 0.2) is 59.7 Å². The molecular formula is C20H27IN6. The molecule has 3 aromatic rings. The molecule has 6 nitrogen and oxygen atoms in total. The number of rotatable bonds is 6. The largest absolute Gasteiger partial charge is 0.356 e. The van der Waals surface area contributed by atoms with Crippen LogP contribution in [0.1, 0.15) is 31.2 Å². The maximum absolute atomic E-state index is 4.34. The highest BCUT2D eigenvalue weighted by atomic mass is 127. The van der Waals surface area contributed by atoms with Gasteiger partial charge in [-0.3, -0.25) is 9.39 Å². The SMILES string of the molecule is CN=C(NCCc1nnc2ccccn12)NC(C)C(C)c1ccccc1.I. The monoisotopic (exact) mass is 478 g/mol. The highest BCUT2D eigenvalue weighted by molar-refractivity contribution is 14.0. The predicted molar refractivity (Wildman–Crippen MR) is 121 cm³/mol. The maximum atomic E-state index is 4.34. The topological polar surface area (TPSA) is 66.6 Å². The molecule has 0 aliphatic rings. The molecule has 7 heteroatoms. The fraction of sp³-hybridized carbons (Fsp3) is 0.350. The van der Waals surface area contributed by atoms with E-state index in [0.717, 1.165) is 30.4 Å². The molecule has 0 radical (unpaired) electrons. The van der Waals surface area contributed by atoms with Crippen LogP contribution in [0.2, 0.25) is 0 Å². The molecule has 2 N–H and O–H groups in total. The minimum Gasteiger partial charge on any atom is -0.356 e. The number of fused-ring (bicyclic) bond motifs is 1. The van der Waals surface area contributed by atoms with Crippen LogP contribution >= 0.6 is 24.0 Å². The van der Waals surface area contributed by atoms with Gasteiger partial charge >= 0.3 is 0 Å². The van der Waals surface area contributed by atoms with Crippen LogP contribution in [-0.4, -0.2) is 40.2 Å². The Morgan fingerprint density at radius 2 is 1.81 bits per heavy atom. The van der Waals surface area contributed by atoms with E-state index in [1.807, 2.05) is 34.9 Å². The number of pyridine rings is 1. The lowest BCUT2D eigenvalue weighted by atomic mass is 9.94. The molecule has 0 saturated heterocycles. The average Bonchev–Trinajstić information content (AvgIpc) is 3.10. The third-order valence-corrected chi connectivity index (χ3v) is 4.69. The second-order valence-electron chi connectivity index (χ2n) is 6.43. The summed E-state index contributed by atoms with van der Waals surface area (Å²) in [5, 5.41) is 15.3. The summed E-state index contributed by atoms with van der Waals surface area (Å²) in [4.78, 5) is 4.34. The summed E-state index contributed by atoms with van der Waals surface area (Å²) in [6.45, 7) is 5.14. The van der Waals surface area contributed by atoms with E-state index in [2.05, 4.69) is 63.9 Å². The van der Waals surface area contributed by atoms with Crippen molar-refractivity contribution in [3.63, 3.8) is 0 Å². The van der Waals surface area contributed by atoms with Crippen LogP contribution in [0.4, 0.5) is 0 Å². The van der Waals surface area contributed by atoms with Gasteiger partial charge in [0.2, 0.25) is 0 Å². The van der Waals surface area contributed by atoms with Crippen LogP contribution in [0.25, 0.3) is 5.65 Å². The van der Waals surface area contributed by atoms with E-state index in [4.69, 9.17) is 0 Å². The number of aliphatic imine (C=N–C) groups is 1. The number of nitrogens with one attached hydrogen (secondary N) is 2. The molecule has 2 atom stereocenters. The van der Waals surface area contributed by atoms with Gasteiger partial charge in [-0.25, -0.2) is 0 Å². The molecule has 0 amide bonds. The number of aromatic nitrogens is 3. The van der Waals surface area contributed by atoms with Crippen molar-refractivity contribution in [1.29, 1.82) is 0 Å². The van der Waals surface area contributed by atoms with E-state index < -0.39 is 0 Å². The van der Waals surface area contributed by atoms with Gasteiger partial charge in [0.25, 0.3) is 0 Å². The summed E-state index contributed by atoms with van der Waals surface area (Å²) >= 11 is 0. The number of hydrogen-bond donors (Lipinski definition) is 2. The Bertz CT molecular complexity index is 861. The fourth-order valence-corrected chi connectivity index (χ4v) is 2.93. The van der Waals surface area contributed by atoms with Crippen molar-refractivity contribution in [1.82, 2.24) is 25.2 Å². The number of guanidine groups is 1. The first kappa shape index (κ1) is 21.1. The lowest BCUT2D eigenvalue weighted by molar-refractivity contribution is 0.550. The number of benzene rings is 1. The summed E-state index contributed by atoms with van der Waals surface area (Å²) in [6, 6.07) is 16.7. The smallest absolute Gasteiger partial charge is 0.191 e. The van der Waals surface area contributed by atoms with Gasteiger partial charge < -0.3 is 10.6 Å². The van der Waals surface area contributed by atoms with E-state index in [1.54, 1.807) is 7.05 Å². The van der Waals surface area contributed by atoms with Crippen molar-refractivity contribution >= 4 is 35.6 Å². The van der Waals surface area contributed by atoms with E-state index in [1.165, 1.54) is 5.56 Å². The Hall–Kier alpha value is -2.16. The quantitative estimate of drug-likeness (QED) is 0.325. The molecule has 0 saturated carbocycles. The minimum atomic E-state index is 0. The van der Waals surface area contributed by atoms with E-state index in [9.17, 15) is 0 Å². The van der Waals surface area contributed by atoms with Crippen LogP contribution in [0, 0.1) is 0 Å². The van der Waals surface area contributed by atoms with E-state index >= 15 is 0 Å². The highest BCUT2D eigenvalue weighted by Gasteiger charge is 2.15. The first-order valence-electron chi connectivity index (χ1n) is 9.00. The number of halogens is 1. The third kappa shape index (κ3) is 5.41. The van der Waals surface area contributed by atoms with Crippen LogP contribution in [0.3, 0.4) is 0 Å². The van der Waals surface area contributed by atoms with Crippen molar-refractivity contribution < 1.29 is 0 Å². The molecule has 2 aromatic heterocycles. The lowest BCUT2D eigenvalue weighted by Crippen LogP contribution is -2.44. The first-order chi connectivity index (χ1) is 12.7. The van der Waals surface area contributed by atoms with Gasteiger partial charge in [0.1, 0.15) is 5.82 Å². The predicted octanol–water partition coefficient (Wildman–Crippen LogP) is 3.25. The zero-order valence-corrected chi connectivity index (χ0v) is 18.3. The number of hydrogen-bond acceptors (Lipinski definition) is 3. The second-order valence-corrected chi connectivity index (χ2v) is 6.43.